The van der Waals surface area contributed by atoms with Crippen LogP contribution >= 0.6 is 0 Å². The van der Waals surface area contributed by atoms with Gasteiger partial charge in [-0.1, -0.05) is 30.3 Å². The van der Waals surface area contributed by atoms with Gasteiger partial charge in [-0.15, -0.1) is 0 Å². The van der Waals surface area contributed by atoms with Crippen LogP contribution in [0.25, 0.3) is 0 Å². The van der Waals surface area contributed by atoms with E-state index < -0.39 is 17.6 Å². The van der Waals surface area contributed by atoms with Gasteiger partial charge < -0.3 is 20.5 Å². The Morgan fingerprint density at radius 1 is 1.40 bits per heavy atom. The molecule has 0 unspecified atom stereocenters. The van der Waals surface area contributed by atoms with Crippen LogP contribution in [0.15, 0.2) is 30.3 Å². The maximum atomic E-state index is 11.8. The minimum absolute atomic E-state index is 0.0979. The molecule has 1 aromatic carbocycles. The van der Waals surface area contributed by atoms with Crippen LogP contribution in [0.5, 0.6) is 0 Å². The standard InChI is InChI=1S/C14H18N2O4/c1-19-12(17)14(7-11(14)8-15)16-13(18)20-9-10-5-3-2-4-6-10/h2-6,11H,7-9,15H2,1H3,(H,16,18)/t11-,14-/m0/s1. The predicted molar refractivity (Wildman–Crippen MR) is 71.7 cm³/mol. The van der Waals surface area contributed by atoms with Gasteiger partial charge >= 0.3 is 12.1 Å². The van der Waals surface area contributed by atoms with Crippen LogP contribution in [0, 0.1) is 5.92 Å². The largest absolute Gasteiger partial charge is 0.467 e. The van der Waals surface area contributed by atoms with Crippen molar-refractivity contribution in [2.45, 2.75) is 18.6 Å². The highest BCUT2D eigenvalue weighted by Gasteiger charge is 2.62. The summed E-state index contributed by atoms with van der Waals surface area (Å²) in [6.45, 7) is 0.464. The van der Waals surface area contributed by atoms with E-state index in [4.69, 9.17) is 15.2 Å². The Balaban J connectivity index is 1.89. The van der Waals surface area contributed by atoms with E-state index in [9.17, 15) is 9.59 Å². The van der Waals surface area contributed by atoms with Gasteiger partial charge in [0.15, 0.2) is 0 Å². The zero-order chi connectivity index (χ0) is 14.6. The highest BCUT2D eigenvalue weighted by Crippen LogP contribution is 2.43. The molecule has 1 amide bonds. The smallest absolute Gasteiger partial charge is 0.408 e. The van der Waals surface area contributed by atoms with Crippen molar-refractivity contribution in [1.29, 1.82) is 0 Å². The van der Waals surface area contributed by atoms with Gasteiger partial charge in [-0.3, -0.25) is 0 Å². The lowest BCUT2D eigenvalue weighted by atomic mass is 10.2. The molecular weight excluding hydrogens is 260 g/mol. The minimum atomic E-state index is -1.02. The molecule has 1 aliphatic rings. The first-order valence-corrected chi connectivity index (χ1v) is 6.39. The van der Waals surface area contributed by atoms with Crippen LogP contribution in [0.2, 0.25) is 0 Å². The van der Waals surface area contributed by atoms with Crippen molar-refractivity contribution in [3.8, 4) is 0 Å². The summed E-state index contributed by atoms with van der Waals surface area (Å²) in [5, 5.41) is 2.57. The average molecular weight is 278 g/mol. The van der Waals surface area contributed by atoms with E-state index in [2.05, 4.69) is 5.32 Å². The molecule has 1 aromatic rings. The third kappa shape index (κ3) is 2.91. The Labute approximate surface area is 117 Å². The Kier molecular flexibility index (Phi) is 4.24. The first-order valence-electron chi connectivity index (χ1n) is 6.39. The molecule has 2 rings (SSSR count). The van der Waals surface area contributed by atoms with E-state index in [0.717, 1.165) is 5.56 Å². The van der Waals surface area contributed by atoms with E-state index in [-0.39, 0.29) is 12.5 Å². The van der Waals surface area contributed by atoms with E-state index in [1.807, 2.05) is 30.3 Å². The van der Waals surface area contributed by atoms with Crippen LogP contribution in [-0.4, -0.2) is 31.3 Å². The Morgan fingerprint density at radius 3 is 2.65 bits per heavy atom. The summed E-state index contributed by atoms with van der Waals surface area (Å²) in [6, 6.07) is 9.30. The van der Waals surface area contributed by atoms with Gasteiger partial charge in [-0.05, 0) is 18.5 Å². The Morgan fingerprint density at radius 2 is 2.10 bits per heavy atom. The van der Waals surface area contributed by atoms with Gasteiger partial charge in [0, 0.05) is 5.92 Å². The molecule has 20 heavy (non-hydrogen) atoms. The molecule has 0 bridgehead atoms. The number of methoxy groups -OCH3 is 1. The summed E-state index contributed by atoms with van der Waals surface area (Å²) in [4.78, 5) is 23.5. The van der Waals surface area contributed by atoms with Crippen molar-refractivity contribution < 1.29 is 19.1 Å². The Hall–Kier alpha value is -2.08. The lowest BCUT2D eigenvalue weighted by Crippen LogP contribution is -2.46. The van der Waals surface area contributed by atoms with E-state index in [0.29, 0.717) is 13.0 Å². The lowest BCUT2D eigenvalue weighted by molar-refractivity contribution is -0.144. The first-order chi connectivity index (χ1) is 9.62. The molecule has 108 valence electrons. The van der Waals surface area contributed by atoms with Crippen molar-refractivity contribution >= 4 is 12.1 Å². The van der Waals surface area contributed by atoms with Crippen LogP contribution in [0.1, 0.15) is 12.0 Å². The topological polar surface area (TPSA) is 90.6 Å². The minimum Gasteiger partial charge on any atom is -0.467 e. The first kappa shape index (κ1) is 14.3. The molecule has 6 nitrogen and oxygen atoms in total. The quantitative estimate of drug-likeness (QED) is 0.778. The molecule has 1 saturated carbocycles. The van der Waals surface area contributed by atoms with E-state index in [1.54, 1.807) is 0 Å². The number of hydrogen-bond acceptors (Lipinski definition) is 5. The van der Waals surface area contributed by atoms with Gasteiger partial charge in [0.05, 0.1) is 7.11 Å². The molecular formula is C14H18N2O4. The molecule has 3 N–H and O–H groups in total. The van der Waals surface area contributed by atoms with Crippen LogP contribution in [0.4, 0.5) is 4.79 Å². The molecule has 0 aromatic heterocycles. The molecule has 0 radical (unpaired) electrons. The number of benzene rings is 1. The number of alkyl carbamates (subject to hydrolysis) is 1. The van der Waals surface area contributed by atoms with E-state index >= 15 is 0 Å². The number of carbonyl (C=O) groups excluding carboxylic acids is 2. The number of esters is 1. The maximum absolute atomic E-state index is 11.8. The number of hydrogen-bond donors (Lipinski definition) is 2. The molecule has 0 aliphatic heterocycles. The second kappa shape index (κ2) is 5.92. The maximum Gasteiger partial charge on any atom is 0.408 e. The van der Waals surface area contributed by atoms with Gasteiger partial charge in [-0.2, -0.15) is 0 Å². The van der Waals surface area contributed by atoms with Crippen LogP contribution < -0.4 is 11.1 Å². The van der Waals surface area contributed by atoms with Crippen molar-refractivity contribution in [1.82, 2.24) is 5.32 Å². The number of nitrogens with two attached hydrogens (primary N) is 1. The summed E-state index contributed by atoms with van der Waals surface area (Å²) in [5.41, 5.74) is 5.40. The summed E-state index contributed by atoms with van der Waals surface area (Å²) >= 11 is 0. The van der Waals surface area contributed by atoms with Crippen LogP contribution in [0.3, 0.4) is 0 Å². The number of amides is 1. The summed E-state index contributed by atoms with van der Waals surface area (Å²) in [5.74, 6) is -0.580. The summed E-state index contributed by atoms with van der Waals surface area (Å²) in [7, 11) is 1.28. The van der Waals surface area contributed by atoms with Crippen LogP contribution in [-0.2, 0) is 20.9 Å². The van der Waals surface area contributed by atoms with Crippen molar-refractivity contribution in [3.63, 3.8) is 0 Å². The fourth-order valence-electron chi connectivity index (χ4n) is 2.19. The molecule has 0 heterocycles. The van der Waals surface area contributed by atoms with Gasteiger partial charge in [0.2, 0.25) is 0 Å². The van der Waals surface area contributed by atoms with Crippen molar-refractivity contribution in [2.75, 3.05) is 13.7 Å². The molecule has 1 fully saturated rings. The zero-order valence-electron chi connectivity index (χ0n) is 11.3. The number of carbonyl (C=O) groups is 2. The fourth-order valence-corrected chi connectivity index (χ4v) is 2.19. The third-order valence-corrected chi connectivity index (χ3v) is 3.48. The average Bonchev–Trinajstić information content (AvgIpc) is 3.19. The predicted octanol–water partition coefficient (Wildman–Crippen LogP) is 0.803. The lowest BCUT2D eigenvalue weighted by Gasteiger charge is -2.16. The normalized spacial score (nSPS) is 23.8. The number of nitrogens with one attached hydrogen (secondary N) is 1. The monoisotopic (exact) mass is 278 g/mol. The summed E-state index contributed by atoms with van der Waals surface area (Å²) in [6.07, 6.45) is -0.161. The number of ether oxygens (including phenoxy) is 2. The number of rotatable bonds is 5. The third-order valence-electron chi connectivity index (χ3n) is 3.48. The zero-order valence-corrected chi connectivity index (χ0v) is 11.3. The fraction of sp³-hybridized carbons (Fsp3) is 0.429. The molecule has 0 spiro atoms. The highest BCUT2D eigenvalue weighted by molar-refractivity contribution is 5.89. The Bertz CT molecular complexity index is 491. The van der Waals surface area contributed by atoms with Gasteiger partial charge in [0.25, 0.3) is 0 Å². The second-order valence-electron chi connectivity index (χ2n) is 4.79. The molecule has 0 saturated heterocycles. The SMILES string of the molecule is COC(=O)[C@]1(NC(=O)OCc2ccccc2)C[C@H]1CN. The summed E-state index contributed by atoms with van der Waals surface area (Å²) < 4.78 is 9.80. The van der Waals surface area contributed by atoms with Gasteiger partial charge in [-0.25, -0.2) is 9.59 Å². The van der Waals surface area contributed by atoms with Gasteiger partial charge in [0.1, 0.15) is 12.1 Å². The molecule has 1 aliphatic carbocycles. The molecule has 6 heteroatoms. The van der Waals surface area contributed by atoms with Crippen molar-refractivity contribution in [3.05, 3.63) is 35.9 Å². The molecule has 2 atom stereocenters. The van der Waals surface area contributed by atoms with E-state index in [1.165, 1.54) is 7.11 Å². The highest BCUT2D eigenvalue weighted by atomic mass is 16.6. The van der Waals surface area contributed by atoms with Crippen molar-refractivity contribution in [2.24, 2.45) is 11.7 Å². The second-order valence-corrected chi connectivity index (χ2v) is 4.79.